The average Bonchev–Trinajstić information content (AvgIpc) is 2.61. The molecular weight excluding hydrogens is 346 g/mol. The van der Waals surface area contributed by atoms with Gasteiger partial charge < -0.3 is 22.0 Å². The van der Waals surface area contributed by atoms with Crippen LogP contribution in [0.4, 0.5) is 0 Å². The summed E-state index contributed by atoms with van der Waals surface area (Å²) in [5.41, 5.74) is 1.97. The van der Waals surface area contributed by atoms with Crippen LogP contribution >= 0.6 is 0 Å². The van der Waals surface area contributed by atoms with Crippen molar-refractivity contribution in [2.75, 3.05) is 7.05 Å². The van der Waals surface area contributed by atoms with Gasteiger partial charge in [-0.15, -0.1) is 0 Å². The van der Waals surface area contributed by atoms with Crippen molar-refractivity contribution in [2.24, 2.45) is 0 Å². The molecule has 1 saturated heterocycles. The molecule has 3 rings (SSSR count). The number of piperidine rings is 1. The summed E-state index contributed by atoms with van der Waals surface area (Å²) in [7, 11) is 2.23. The topological polar surface area (TPSA) is 30.7 Å². The molecule has 0 spiro atoms. The maximum atomic E-state index is 13.1. The Morgan fingerprint density at radius 1 is 0.923 bits per heavy atom. The van der Waals surface area contributed by atoms with Crippen LogP contribution in [-0.4, -0.2) is 31.2 Å². The van der Waals surface area contributed by atoms with Crippen molar-refractivity contribution in [1.82, 2.24) is 0 Å². The molecule has 2 atom stereocenters. The lowest BCUT2D eigenvalue weighted by atomic mass is 9.91. The van der Waals surface area contributed by atoms with Gasteiger partial charge in [0.1, 0.15) is 12.0 Å². The Hall–Kier alpha value is -1.84. The fourth-order valence-electron chi connectivity index (χ4n) is 3.83. The Kier molecular flexibility index (Phi) is 7.24. The third-order valence-corrected chi connectivity index (χ3v) is 5.57. The number of halogens is 1. The first-order chi connectivity index (χ1) is 12.1. The van der Waals surface area contributed by atoms with Crippen LogP contribution in [0, 0.1) is 0 Å². The van der Waals surface area contributed by atoms with Gasteiger partial charge in [-0.05, 0) is 25.0 Å². The SMILES string of the molecule is CC1CC(OC(=O)C(c2ccccc2)c2ccccc2)CC(C)[NH+]1C.[Cl-]. The van der Waals surface area contributed by atoms with Crippen molar-refractivity contribution in [3.63, 3.8) is 0 Å². The molecule has 3 nitrogen and oxygen atoms in total. The molecule has 0 radical (unpaired) electrons. The van der Waals surface area contributed by atoms with Crippen LogP contribution in [0.25, 0.3) is 0 Å². The highest BCUT2D eigenvalue weighted by Crippen LogP contribution is 2.27. The fourth-order valence-corrected chi connectivity index (χ4v) is 3.83. The number of hydrogen-bond acceptors (Lipinski definition) is 2. The van der Waals surface area contributed by atoms with Gasteiger partial charge in [0.2, 0.25) is 0 Å². The first-order valence-corrected chi connectivity index (χ1v) is 9.20. The molecule has 2 unspecified atom stereocenters. The van der Waals surface area contributed by atoms with E-state index in [4.69, 9.17) is 4.74 Å². The van der Waals surface area contributed by atoms with Crippen molar-refractivity contribution >= 4 is 5.97 Å². The molecule has 4 heteroatoms. The Bertz CT molecular complexity index is 640. The molecule has 2 aromatic rings. The first-order valence-electron chi connectivity index (χ1n) is 9.20. The number of likely N-dealkylation sites (tertiary alicyclic amines) is 1. The summed E-state index contributed by atoms with van der Waals surface area (Å²) in [6.45, 7) is 4.47. The third kappa shape index (κ3) is 4.66. The molecule has 26 heavy (non-hydrogen) atoms. The van der Waals surface area contributed by atoms with Crippen molar-refractivity contribution in [1.29, 1.82) is 0 Å². The lowest BCUT2D eigenvalue weighted by Crippen LogP contribution is -3.17. The van der Waals surface area contributed by atoms with Crippen LogP contribution < -0.4 is 17.3 Å². The lowest BCUT2D eigenvalue weighted by Gasteiger charge is -2.37. The molecule has 1 aliphatic rings. The molecule has 0 aliphatic carbocycles. The molecule has 1 heterocycles. The number of carbonyl (C=O) groups is 1. The van der Waals surface area contributed by atoms with Crippen molar-refractivity contribution in [3.8, 4) is 0 Å². The summed E-state index contributed by atoms with van der Waals surface area (Å²) < 4.78 is 6.00. The quantitative estimate of drug-likeness (QED) is 0.754. The van der Waals surface area contributed by atoms with E-state index in [2.05, 4.69) is 20.9 Å². The highest BCUT2D eigenvalue weighted by Gasteiger charge is 2.35. The molecule has 2 aromatic carbocycles. The second-order valence-corrected chi connectivity index (χ2v) is 7.33. The lowest BCUT2D eigenvalue weighted by molar-refractivity contribution is -0.933. The van der Waals surface area contributed by atoms with E-state index in [1.54, 1.807) is 0 Å². The van der Waals surface area contributed by atoms with Crippen molar-refractivity contribution in [3.05, 3.63) is 71.8 Å². The number of rotatable bonds is 4. The van der Waals surface area contributed by atoms with E-state index in [1.165, 1.54) is 4.90 Å². The average molecular weight is 374 g/mol. The van der Waals surface area contributed by atoms with Gasteiger partial charge in [-0.2, -0.15) is 0 Å². The predicted molar refractivity (Wildman–Crippen MR) is 99.7 cm³/mol. The Morgan fingerprint density at radius 2 is 1.35 bits per heavy atom. The minimum Gasteiger partial charge on any atom is -1.00 e. The summed E-state index contributed by atoms with van der Waals surface area (Å²) in [4.78, 5) is 14.6. The number of quaternary nitrogens is 1. The monoisotopic (exact) mass is 373 g/mol. The van der Waals surface area contributed by atoms with Gasteiger partial charge in [-0.25, -0.2) is 0 Å². The van der Waals surface area contributed by atoms with Gasteiger partial charge in [-0.1, -0.05) is 60.7 Å². The normalized spacial score (nSPS) is 25.4. The Labute approximate surface area is 162 Å². The maximum absolute atomic E-state index is 13.1. The zero-order valence-electron chi connectivity index (χ0n) is 15.7. The maximum Gasteiger partial charge on any atom is 0.318 e. The third-order valence-electron chi connectivity index (χ3n) is 5.57. The van der Waals surface area contributed by atoms with Crippen molar-refractivity contribution < 1.29 is 26.8 Å². The number of nitrogens with one attached hydrogen (secondary N) is 1. The van der Waals surface area contributed by atoms with Gasteiger partial charge in [-0.3, -0.25) is 4.79 Å². The van der Waals surface area contributed by atoms with Crippen LogP contribution in [-0.2, 0) is 9.53 Å². The van der Waals surface area contributed by atoms with E-state index in [1.807, 2.05) is 60.7 Å². The van der Waals surface area contributed by atoms with E-state index in [0.29, 0.717) is 12.1 Å². The van der Waals surface area contributed by atoms with Crippen LogP contribution in [0.15, 0.2) is 60.7 Å². The summed E-state index contributed by atoms with van der Waals surface area (Å²) >= 11 is 0. The fraction of sp³-hybridized carbons (Fsp3) is 0.409. The number of benzene rings is 2. The zero-order chi connectivity index (χ0) is 17.8. The van der Waals surface area contributed by atoms with Crippen LogP contribution in [0.5, 0.6) is 0 Å². The number of ether oxygens (including phenoxy) is 1. The van der Waals surface area contributed by atoms with Gasteiger partial charge in [0.25, 0.3) is 0 Å². The minimum atomic E-state index is -0.361. The molecule has 0 amide bonds. The van der Waals surface area contributed by atoms with Gasteiger partial charge in [0.05, 0.1) is 19.1 Å². The minimum absolute atomic E-state index is 0. The predicted octanol–water partition coefficient (Wildman–Crippen LogP) is -0.180. The van der Waals surface area contributed by atoms with Gasteiger partial charge >= 0.3 is 5.97 Å². The summed E-state index contributed by atoms with van der Waals surface area (Å²) in [5, 5.41) is 0. The van der Waals surface area contributed by atoms with E-state index < -0.39 is 0 Å². The largest absolute Gasteiger partial charge is 1.00 e. The highest BCUT2D eigenvalue weighted by atomic mass is 35.5. The van der Waals surface area contributed by atoms with Crippen molar-refractivity contribution in [2.45, 2.75) is 50.8 Å². The molecule has 140 valence electrons. The summed E-state index contributed by atoms with van der Waals surface area (Å²) in [5.74, 6) is -0.499. The van der Waals surface area contributed by atoms with E-state index in [-0.39, 0.29) is 30.4 Å². The summed E-state index contributed by atoms with van der Waals surface area (Å²) in [6.07, 6.45) is 1.87. The molecule has 1 N–H and O–H groups in total. The van der Waals surface area contributed by atoms with Crippen LogP contribution in [0.3, 0.4) is 0 Å². The Balaban J connectivity index is 0.00000243. The Morgan fingerprint density at radius 3 is 1.77 bits per heavy atom. The second-order valence-electron chi connectivity index (χ2n) is 7.33. The molecule has 0 bridgehead atoms. The van der Waals surface area contributed by atoms with E-state index >= 15 is 0 Å². The molecule has 0 aromatic heterocycles. The standard InChI is InChI=1S/C22H27NO2.ClH/c1-16-14-20(15-17(2)23(16)3)25-22(24)21(18-10-6-4-7-11-18)19-12-8-5-9-13-19;/h4-13,16-17,20-21H,14-15H2,1-3H3;1H. The summed E-state index contributed by atoms with van der Waals surface area (Å²) in [6, 6.07) is 20.9. The molecule has 1 fully saturated rings. The van der Waals surface area contributed by atoms with Gasteiger partial charge in [0, 0.05) is 12.8 Å². The van der Waals surface area contributed by atoms with E-state index in [0.717, 1.165) is 24.0 Å². The zero-order valence-corrected chi connectivity index (χ0v) is 16.4. The molecular formula is C22H28ClNO2. The van der Waals surface area contributed by atoms with Crippen LogP contribution in [0.1, 0.15) is 43.7 Å². The van der Waals surface area contributed by atoms with Crippen LogP contribution in [0.2, 0.25) is 0 Å². The number of carbonyl (C=O) groups excluding carboxylic acids is 1. The van der Waals surface area contributed by atoms with E-state index in [9.17, 15) is 4.79 Å². The molecule has 0 saturated carbocycles. The highest BCUT2D eigenvalue weighted by molar-refractivity contribution is 5.82. The smallest absolute Gasteiger partial charge is 0.318 e. The first kappa shape index (κ1) is 20.5. The molecule has 1 aliphatic heterocycles. The number of esters is 1. The number of hydrogen-bond donors (Lipinski definition) is 1. The van der Waals surface area contributed by atoms with Gasteiger partial charge in [0.15, 0.2) is 0 Å². The second kappa shape index (κ2) is 9.20.